The maximum Gasteiger partial charge on any atom is 0.312 e. The molecule has 0 aliphatic heterocycles. The van der Waals surface area contributed by atoms with Crippen molar-refractivity contribution in [3.05, 3.63) is 0 Å². The van der Waals surface area contributed by atoms with Crippen LogP contribution in [-0.4, -0.2) is 23.8 Å². The molecular weight excluding hydrogens is 120 g/mol. The van der Waals surface area contributed by atoms with Gasteiger partial charge in [0.25, 0.3) is 0 Å². The number of carbonyl (C=O) groups excluding carboxylic acids is 1. The van der Waals surface area contributed by atoms with Crippen LogP contribution in [0.25, 0.3) is 0 Å². The van der Waals surface area contributed by atoms with Gasteiger partial charge in [0, 0.05) is 6.54 Å². The van der Waals surface area contributed by atoms with Gasteiger partial charge in [-0.3, -0.25) is 0 Å². The van der Waals surface area contributed by atoms with Crippen molar-refractivity contribution >= 4 is 6.03 Å². The number of rotatable bonds is 3. The van der Waals surface area contributed by atoms with Gasteiger partial charge in [-0.2, -0.15) is 0 Å². The molecule has 4 N–H and O–H groups in total. The van der Waals surface area contributed by atoms with Crippen LogP contribution in [0.4, 0.5) is 4.79 Å². The number of aliphatic hydroxyl groups is 1. The van der Waals surface area contributed by atoms with Crippen LogP contribution in [0.3, 0.4) is 0 Å². The summed E-state index contributed by atoms with van der Waals surface area (Å²) < 4.78 is 0. The summed E-state index contributed by atoms with van der Waals surface area (Å²) >= 11 is 0. The zero-order chi connectivity index (χ0) is 7.28. The molecule has 4 nitrogen and oxygen atoms in total. The van der Waals surface area contributed by atoms with Gasteiger partial charge in [0.15, 0.2) is 0 Å². The van der Waals surface area contributed by atoms with E-state index in [-0.39, 0.29) is 6.10 Å². The first-order valence-corrected chi connectivity index (χ1v) is 2.84. The Hall–Kier alpha value is -0.770. The van der Waals surface area contributed by atoms with Crippen molar-refractivity contribution in [2.45, 2.75) is 19.4 Å². The highest BCUT2D eigenvalue weighted by Crippen LogP contribution is 1.84. The van der Waals surface area contributed by atoms with Crippen LogP contribution in [0.5, 0.6) is 0 Å². The predicted molar refractivity (Wildman–Crippen MR) is 33.9 cm³/mol. The highest BCUT2D eigenvalue weighted by atomic mass is 16.3. The Kier molecular flexibility index (Phi) is 3.79. The Balaban J connectivity index is 3.01. The Labute approximate surface area is 54.0 Å². The van der Waals surface area contributed by atoms with Crippen molar-refractivity contribution < 1.29 is 9.90 Å². The summed E-state index contributed by atoms with van der Waals surface area (Å²) in [7, 11) is 0. The third-order valence-electron chi connectivity index (χ3n) is 0.861. The fraction of sp³-hybridized carbons (Fsp3) is 0.800. The smallest absolute Gasteiger partial charge is 0.312 e. The monoisotopic (exact) mass is 132 g/mol. The first kappa shape index (κ1) is 8.23. The van der Waals surface area contributed by atoms with E-state index in [1.54, 1.807) is 6.92 Å². The van der Waals surface area contributed by atoms with Crippen molar-refractivity contribution in [2.24, 2.45) is 5.73 Å². The van der Waals surface area contributed by atoms with Crippen molar-refractivity contribution in [1.82, 2.24) is 5.32 Å². The average molecular weight is 132 g/mol. The lowest BCUT2D eigenvalue weighted by Crippen LogP contribution is -2.31. The number of nitrogens with one attached hydrogen (secondary N) is 1. The Morgan fingerprint density at radius 3 is 2.78 bits per heavy atom. The number of amides is 2. The van der Waals surface area contributed by atoms with Crippen molar-refractivity contribution in [2.75, 3.05) is 6.54 Å². The van der Waals surface area contributed by atoms with E-state index < -0.39 is 6.03 Å². The van der Waals surface area contributed by atoms with E-state index in [0.717, 1.165) is 0 Å². The van der Waals surface area contributed by atoms with E-state index in [2.05, 4.69) is 5.32 Å². The predicted octanol–water partition coefficient (Wildman–Crippen LogP) is -0.574. The molecule has 1 atom stereocenters. The lowest BCUT2D eigenvalue weighted by molar-refractivity contribution is 0.184. The van der Waals surface area contributed by atoms with E-state index in [9.17, 15) is 4.79 Å². The minimum atomic E-state index is -0.546. The van der Waals surface area contributed by atoms with Gasteiger partial charge in [-0.15, -0.1) is 0 Å². The maximum absolute atomic E-state index is 10.0. The number of hydrogen-bond acceptors (Lipinski definition) is 2. The van der Waals surface area contributed by atoms with Gasteiger partial charge in [0.1, 0.15) is 0 Å². The minimum absolute atomic E-state index is 0.378. The molecule has 9 heavy (non-hydrogen) atoms. The SMILES string of the molecule is C[C@H](O)CCNC(N)=O. The third-order valence-corrected chi connectivity index (χ3v) is 0.861. The summed E-state index contributed by atoms with van der Waals surface area (Å²) in [6.07, 6.45) is 0.167. The summed E-state index contributed by atoms with van der Waals surface area (Å²) in [5.41, 5.74) is 4.75. The van der Waals surface area contributed by atoms with Crippen LogP contribution in [0.2, 0.25) is 0 Å². The molecule has 4 heteroatoms. The molecule has 54 valence electrons. The molecule has 0 aliphatic rings. The molecule has 0 unspecified atom stereocenters. The van der Waals surface area contributed by atoms with E-state index in [1.165, 1.54) is 0 Å². The van der Waals surface area contributed by atoms with Gasteiger partial charge in [-0.1, -0.05) is 0 Å². The summed E-state index contributed by atoms with van der Waals surface area (Å²) in [4.78, 5) is 10.0. The second kappa shape index (κ2) is 4.14. The average Bonchev–Trinajstić information content (AvgIpc) is 1.63. The van der Waals surface area contributed by atoms with Crippen LogP contribution in [-0.2, 0) is 0 Å². The zero-order valence-electron chi connectivity index (χ0n) is 5.42. The van der Waals surface area contributed by atoms with Crippen LogP contribution in [0, 0.1) is 0 Å². The summed E-state index contributed by atoms with van der Waals surface area (Å²) in [6.45, 7) is 2.09. The molecule has 2 amide bonds. The number of primary amides is 1. The van der Waals surface area contributed by atoms with Gasteiger partial charge in [0.05, 0.1) is 6.10 Å². The van der Waals surface area contributed by atoms with Crippen molar-refractivity contribution in [3.63, 3.8) is 0 Å². The molecule has 0 saturated heterocycles. The Bertz CT molecular complexity index is 93.0. The molecule has 0 aromatic carbocycles. The largest absolute Gasteiger partial charge is 0.393 e. The molecule has 0 aromatic heterocycles. The highest BCUT2D eigenvalue weighted by Gasteiger charge is 1.94. The zero-order valence-corrected chi connectivity index (χ0v) is 5.42. The number of aliphatic hydroxyl groups excluding tert-OH is 1. The fourth-order valence-electron chi connectivity index (χ4n) is 0.404. The Morgan fingerprint density at radius 2 is 2.44 bits per heavy atom. The van der Waals surface area contributed by atoms with Crippen LogP contribution >= 0.6 is 0 Å². The van der Waals surface area contributed by atoms with Gasteiger partial charge < -0.3 is 16.2 Å². The quantitative estimate of drug-likeness (QED) is 0.480. The molecule has 0 radical (unpaired) electrons. The van der Waals surface area contributed by atoms with E-state index in [4.69, 9.17) is 10.8 Å². The second-order valence-corrected chi connectivity index (χ2v) is 1.93. The first-order chi connectivity index (χ1) is 4.13. The van der Waals surface area contributed by atoms with E-state index in [0.29, 0.717) is 13.0 Å². The summed E-state index contributed by atoms with van der Waals surface area (Å²) in [5, 5.41) is 11.0. The van der Waals surface area contributed by atoms with E-state index >= 15 is 0 Å². The highest BCUT2D eigenvalue weighted by molar-refractivity contribution is 5.71. The standard InChI is InChI=1S/C5H12N2O2/c1-4(8)2-3-7-5(6)9/h4,8H,2-3H2,1H3,(H3,6,7,9)/t4-/m0/s1. The molecule has 0 rings (SSSR count). The molecule has 0 bridgehead atoms. The number of nitrogens with two attached hydrogens (primary N) is 1. The Morgan fingerprint density at radius 1 is 1.89 bits per heavy atom. The van der Waals surface area contributed by atoms with Crippen molar-refractivity contribution in [3.8, 4) is 0 Å². The molecule has 0 fully saturated rings. The molecule has 0 heterocycles. The normalized spacial score (nSPS) is 12.7. The molecular formula is C5H12N2O2. The molecule has 0 spiro atoms. The number of hydrogen-bond donors (Lipinski definition) is 3. The number of urea groups is 1. The van der Waals surface area contributed by atoms with Crippen LogP contribution < -0.4 is 11.1 Å². The van der Waals surface area contributed by atoms with Crippen LogP contribution in [0.15, 0.2) is 0 Å². The second-order valence-electron chi connectivity index (χ2n) is 1.93. The lowest BCUT2D eigenvalue weighted by Gasteiger charge is -2.02. The summed E-state index contributed by atoms with van der Waals surface area (Å²) in [5.74, 6) is 0. The maximum atomic E-state index is 10.0. The summed E-state index contributed by atoms with van der Waals surface area (Å²) in [6, 6.07) is -0.546. The van der Waals surface area contributed by atoms with Gasteiger partial charge in [0.2, 0.25) is 0 Å². The van der Waals surface area contributed by atoms with Gasteiger partial charge in [-0.05, 0) is 13.3 Å². The molecule has 0 aromatic rings. The van der Waals surface area contributed by atoms with Crippen LogP contribution in [0.1, 0.15) is 13.3 Å². The minimum Gasteiger partial charge on any atom is -0.393 e. The van der Waals surface area contributed by atoms with Gasteiger partial charge in [-0.25, -0.2) is 4.79 Å². The lowest BCUT2D eigenvalue weighted by atomic mass is 10.3. The third kappa shape index (κ3) is 7.23. The van der Waals surface area contributed by atoms with Crippen molar-refractivity contribution in [1.29, 1.82) is 0 Å². The van der Waals surface area contributed by atoms with Gasteiger partial charge >= 0.3 is 6.03 Å². The number of carbonyl (C=O) groups is 1. The topological polar surface area (TPSA) is 75.3 Å². The molecule has 0 aliphatic carbocycles. The molecule has 0 saturated carbocycles. The van der Waals surface area contributed by atoms with E-state index in [1.807, 2.05) is 0 Å². The fourth-order valence-corrected chi connectivity index (χ4v) is 0.404. The first-order valence-electron chi connectivity index (χ1n) is 2.84.